The number of nitrogens with zero attached hydrogens (tertiary/aromatic N) is 3. The first kappa shape index (κ1) is 16.2. The van der Waals surface area contributed by atoms with E-state index in [0.717, 1.165) is 23.4 Å². The number of aromatic nitrogens is 1. The van der Waals surface area contributed by atoms with Crippen LogP contribution in [-0.2, 0) is 22.9 Å². The largest absolute Gasteiger partial charge is 0.493 e. The lowest BCUT2D eigenvalue weighted by atomic mass is 10.1. The fraction of sp³-hybridized carbons (Fsp3) is 0.389. The third-order valence-corrected chi connectivity index (χ3v) is 6.61. The molecule has 2 aromatic rings. The zero-order chi connectivity index (χ0) is 17.4. The Morgan fingerprint density at radius 1 is 1.20 bits per heavy atom. The molecule has 0 amide bonds. The molecule has 25 heavy (non-hydrogen) atoms. The molecule has 4 rings (SSSR count). The van der Waals surface area contributed by atoms with Gasteiger partial charge in [0.25, 0.3) is 0 Å². The molecular weight excluding hydrogens is 338 g/mol. The van der Waals surface area contributed by atoms with Crippen LogP contribution in [0.2, 0.25) is 0 Å². The van der Waals surface area contributed by atoms with Crippen LogP contribution in [-0.4, -0.2) is 45.9 Å². The van der Waals surface area contributed by atoms with E-state index in [0.29, 0.717) is 31.8 Å². The molecule has 0 spiro atoms. The summed E-state index contributed by atoms with van der Waals surface area (Å²) in [5.74, 6) is 1.01. The van der Waals surface area contributed by atoms with Gasteiger partial charge >= 0.3 is 0 Å². The summed E-state index contributed by atoms with van der Waals surface area (Å²) in [6.07, 6.45) is 4.72. The van der Waals surface area contributed by atoms with Crippen LogP contribution < -0.4 is 13.9 Å². The van der Waals surface area contributed by atoms with Gasteiger partial charge in [-0.05, 0) is 29.7 Å². The van der Waals surface area contributed by atoms with Gasteiger partial charge in [-0.25, -0.2) is 8.42 Å². The first-order chi connectivity index (χ1) is 12.0. The Morgan fingerprint density at radius 3 is 2.96 bits per heavy atom. The number of likely N-dealkylation sites (N-methyl/N-ethyl adjacent to an activating group) is 1. The van der Waals surface area contributed by atoms with Gasteiger partial charge in [0, 0.05) is 26.2 Å². The number of rotatable bonds is 4. The third kappa shape index (κ3) is 3.04. The minimum atomic E-state index is -3.40. The molecule has 2 aliphatic heterocycles. The van der Waals surface area contributed by atoms with Crippen molar-refractivity contribution in [3.8, 4) is 5.75 Å². The molecule has 1 aromatic carbocycles. The molecule has 0 saturated carbocycles. The average molecular weight is 359 g/mol. The van der Waals surface area contributed by atoms with Gasteiger partial charge in [0.2, 0.25) is 10.0 Å². The zero-order valence-electron chi connectivity index (χ0n) is 14.2. The molecular formula is C18H21N3O3S. The SMILES string of the molecule is CN1CCN(S(=O)(=O)CCc2ccc3c(c2)CCO3)c2cnccc21. The number of hydrogen-bond donors (Lipinski definition) is 0. The maximum atomic E-state index is 12.9. The van der Waals surface area contributed by atoms with Crippen molar-refractivity contribution in [2.75, 3.05) is 41.7 Å². The fourth-order valence-corrected chi connectivity index (χ4v) is 4.93. The summed E-state index contributed by atoms with van der Waals surface area (Å²) in [6, 6.07) is 7.83. The minimum absolute atomic E-state index is 0.0880. The Morgan fingerprint density at radius 2 is 2.08 bits per heavy atom. The van der Waals surface area contributed by atoms with Crippen molar-refractivity contribution in [1.82, 2.24) is 4.98 Å². The summed E-state index contributed by atoms with van der Waals surface area (Å²) in [7, 11) is -1.43. The molecule has 2 aliphatic rings. The number of hydrogen-bond acceptors (Lipinski definition) is 5. The second-order valence-corrected chi connectivity index (χ2v) is 8.48. The molecule has 132 valence electrons. The minimum Gasteiger partial charge on any atom is -0.493 e. The summed E-state index contributed by atoms with van der Waals surface area (Å²) >= 11 is 0. The third-order valence-electron chi connectivity index (χ3n) is 4.83. The van der Waals surface area contributed by atoms with Gasteiger partial charge in [0.05, 0.1) is 36.5 Å². The first-order valence-corrected chi connectivity index (χ1v) is 10.1. The lowest BCUT2D eigenvalue weighted by Crippen LogP contribution is -2.43. The Labute approximate surface area is 148 Å². The van der Waals surface area contributed by atoms with Crippen molar-refractivity contribution >= 4 is 21.4 Å². The van der Waals surface area contributed by atoms with Crippen LogP contribution in [0.3, 0.4) is 0 Å². The van der Waals surface area contributed by atoms with Crippen molar-refractivity contribution < 1.29 is 13.2 Å². The molecule has 0 unspecified atom stereocenters. The Kier molecular flexibility index (Phi) is 4.03. The number of aryl methyl sites for hydroxylation is 1. The van der Waals surface area contributed by atoms with Gasteiger partial charge in [0.1, 0.15) is 5.75 Å². The second kappa shape index (κ2) is 6.22. The second-order valence-electron chi connectivity index (χ2n) is 6.46. The van der Waals surface area contributed by atoms with E-state index < -0.39 is 10.0 Å². The molecule has 0 fully saturated rings. The van der Waals surface area contributed by atoms with Crippen LogP contribution in [0.4, 0.5) is 11.4 Å². The predicted molar refractivity (Wildman–Crippen MR) is 98.0 cm³/mol. The molecule has 0 saturated heterocycles. The smallest absolute Gasteiger partial charge is 0.235 e. The monoisotopic (exact) mass is 359 g/mol. The highest BCUT2D eigenvalue weighted by Gasteiger charge is 2.29. The number of benzene rings is 1. The highest BCUT2D eigenvalue weighted by Crippen LogP contribution is 2.33. The highest BCUT2D eigenvalue weighted by molar-refractivity contribution is 7.92. The topological polar surface area (TPSA) is 62.7 Å². The van der Waals surface area contributed by atoms with Crippen LogP contribution in [0.1, 0.15) is 11.1 Å². The van der Waals surface area contributed by atoms with Crippen LogP contribution in [0, 0.1) is 0 Å². The van der Waals surface area contributed by atoms with E-state index in [1.54, 1.807) is 12.4 Å². The average Bonchev–Trinajstić information content (AvgIpc) is 3.08. The molecule has 3 heterocycles. The molecule has 0 aliphatic carbocycles. The zero-order valence-corrected chi connectivity index (χ0v) is 15.0. The van der Waals surface area contributed by atoms with Gasteiger partial charge in [-0.15, -0.1) is 0 Å². The van der Waals surface area contributed by atoms with E-state index in [9.17, 15) is 8.42 Å². The summed E-state index contributed by atoms with van der Waals surface area (Å²) < 4.78 is 32.8. The van der Waals surface area contributed by atoms with E-state index >= 15 is 0 Å². The summed E-state index contributed by atoms with van der Waals surface area (Å²) in [5.41, 5.74) is 3.77. The van der Waals surface area contributed by atoms with E-state index in [2.05, 4.69) is 16.0 Å². The standard InChI is InChI=1S/C18H21N3O3S/c1-20-8-9-21(17-13-19-7-4-16(17)20)25(22,23)11-6-14-2-3-18-15(12-14)5-10-24-18/h2-4,7,12-13H,5-6,8-11H2,1H3. The number of anilines is 2. The van der Waals surface area contributed by atoms with Crippen molar-refractivity contribution in [3.05, 3.63) is 47.8 Å². The molecule has 0 atom stereocenters. The van der Waals surface area contributed by atoms with Crippen LogP contribution >= 0.6 is 0 Å². The van der Waals surface area contributed by atoms with Gasteiger partial charge in [-0.2, -0.15) is 0 Å². The summed E-state index contributed by atoms with van der Waals surface area (Å²) in [4.78, 5) is 6.17. The summed E-state index contributed by atoms with van der Waals surface area (Å²) in [6.45, 7) is 1.84. The normalized spacial score (nSPS) is 16.4. The molecule has 6 nitrogen and oxygen atoms in total. The molecule has 0 bridgehead atoms. The fourth-order valence-electron chi connectivity index (χ4n) is 3.42. The van der Waals surface area contributed by atoms with E-state index in [4.69, 9.17) is 4.74 Å². The lowest BCUT2D eigenvalue weighted by molar-refractivity contribution is 0.357. The Balaban J connectivity index is 1.53. The van der Waals surface area contributed by atoms with Gasteiger partial charge in [-0.3, -0.25) is 9.29 Å². The molecule has 1 aromatic heterocycles. The number of ether oxygens (including phenoxy) is 1. The lowest BCUT2D eigenvalue weighted by Gasteiger charge is -2.35. The quantitative estimate of drug-likeness (QED) is 0.834. The van der Waals surface area contributed by atoms with Gasteiger partial charge < -0.3 is 9.64 Å². The predicted octanol–water partition coefficient (Wildman–Crippen LogP) is 1.85. The highest BCUT2D eigenvalue weighted by atomic mass is 32.2. The van der Waals surface area contributed by atoms with Gasteiger partial charge in [-0.1, -0.05) is 12.1 Å². The molecule has 0 radical (unpaired) electrons. The number of sulfonamides is 1. The van der Waals surface area contributed by atoms with E-state index in [1.165, 1.54) is 9.87 Å². The van der Waals surface area contributed by atoms with Crippen molar-refractivity contribution in [2.24, 2.45) is 0 Å². The van der Waals surface area contributed by atoms with Crippen LogP contribution in [0.15, 0.2) is 36.7 Å². The Bertz CT molecular complexity index is 898. The van der Waals surface area contributed by atoms with Crippen molar-refractivity contribution in [3.63, 3.8) is 0 Å². The summed E-state index contributed by atoms with van der Waals surface area (Å²) in [5, 5.41) is 0. The number of pyridine rings is 1. The van der Waals surface area contributed by atoms with Gasteiger partial charge in [0.15, 0.2) is 0 Å². The molecule has 0 N–H and O–H groups in total. The van der Waals surface area contributed by atoms with Crippen LogP contribution in [0.5, 0.6) is 5.75 Å². The van der Waals surface area contributed by atoms with Crippen molar-refractivity contribution in [2.45, 2.75) is 12.8 Å². The molecule has 7 heteroatoms. The first-order valence-electron chi connectivity index (χ1n) is 8.45. The maximum absolute atomic E-state index is 12.9. The van der Waals surface area contributed by atoms with Crippen molar-refractivity contribution in [1.29, 1.82) is 0 Å². The Hall–Kier alpha value is -2.28. The number of fused-ring (bicyclic) bond motifs is 2. The van der Waals surface area contributed by atoms with E-state index in [-0.39, 0.29) is 5.75 Å². The van der Waals surface area contributed by atoms with Crippen LogP contribution in [0.25, 0.3) is 0 Å². The maximum Gasteiger partial charge on any atom is 0.235 e. The van der Waals surface area contributed by atoms with E-state index in [1.807, 2.05) is 25.2 Å².